The standard InChI is InChI=1S/C12H19BrN2O2/c1-2-5-14-6-7-15(11(17)10(14)16)9-12(8-13)3-4-12/h2-9H2,1H3. The summed E-state index contributed by atoms with van der Waals surface area (Å²) in [4.78, 5) is 27.2. The zero-order valence-electron chi connectivity index (χ0n) is 10.2. The predicted molar refractivity (Wildman–Crippen MR) is 68.9 cm³/mol. The highest BCUT2D eigenvalue weighted by atomic mass is 79.9. The van der Waals surface area contributed by atoms with Crippen molar-refractivity contribution in [2.75, 3.05) is 31.5 Å². The highest BCUT2D eigenvalue weighted by Crippen LogP contribution is 2.47. The van der Waals surface area contributed by atoms with Gasteiger partial charge in [-0.25, -0.2) is 0 Å². The molecule has 1 aliphatic carbocycles. The lowest BCUT2D eigenvalue weighted by Gasteiger charge is -2.35. The van der Waals surface area contributed by atoms with Crippen LogP contribution < -0.4 is 0 Å². The molecule has 2 aliphatic rings. The largest absolute Gasteiger partial charge is 0.333 e. The van der Waals surface area contributed by atoms with Gasteiger partial charge in [0.2, 0.25) is 0 Å². The van der Waals surface area contributed by atoms with Crippen molar-refractivity contribution in [2.45, 2.75) is 26.2 Å². The van der Waals surface area contributed by atoms with Gasteiger partial charge in [-0.05, 0) is 24.7 Å². The fourth-order valence-corrected chi connectivity index (χ4v) is 3.00. The third-order valence-corrected chi connectivity index (χ3v) is 4.85. The van der Waals surface area contributed by atoms with E-state index in [4.69, 9.17) is 0 Å². The summed E-state index contributed by atoms with van der Waals surface area (Å²) in [6.45, 7) is 4.84. The monoisotopic (exact) mass is 302 g/mol. The molecule has 1 heterocycles. The fraction of sp³-hybridized carbons (Fsp3) is 0.833. The zero-order chi connectivity index (χ0) is 12.5. The Morgan fingerprint density at radius 3 is 2.29 bits per heavy atom. The molecule has 0 spiro atoms. The van der Waals surface area contributed by atoms with E-state index in [0.717, 1.165) is 31.1 Å². The smallest absolute Gasteiger partial charge is 0.312 e. The molecule has 2 fully saturated rings. The van der Waals surface area contributed by atoms with Gasteiger partial charge in [0.05, 0.1) is 0 Å². The zero-order valence-corrected chi connectivity index (χ0v) is 11.8. The van der Waals surface area contributed by atoms with Gasteiger partial charge in [-0.3, -0.25) is 9.59 Å². The summed E-state index contributed by atoms with van der Waals surface area (Å²) in [5.74, 6) is -0.625. The Morgan fingerprint density at radius 1 is 1.18 bits per heavy atom. The Hall–Kier alpha value is -0.580. The van der Waals surface area contributed by atoms with E-state index in [1.807, 2.05) is 6.92 Å². The minimum atomic E-state index is -0.316. The number of rotatable bonds is 5. The van der Waals surface area contributed by atoms with E-state index >= 15 is 0 Å². The molecule has 0 aromatic heterocycles. The Kier molecular flexibility index (Phi) is 3.76. The van der Waals surface area contributed by atoms with Crippen LogP contribution >= 0.6 is 15.9 Å². The molecule has 2 amide bonds. The van der Waals surface area contributed by atoms with Gasteiger partial charge in [0, 0.05) is 31.5 Å². The Bertz CT molecular complexity index is 328. The van der Waals surface area contributed by atoms with E-state index in [0.29, 0.717) is 19.6 Å². The van der Waals surface area contributed by atoms with Crippen molar-refractivity contribution in [2.24, 2.45) is 5.41 Å². The summed E-state index contributed by atoms with van der Waals surface area (Å²) in [6, 6.07) is 0. The summed E-state index contributed by atoms with van der Waals surface area (Å²) in [5.41, 5.74) is 0.253. The highest BCUT2D eigenvalue weighted by Gasteiger charge is 2.45. The second-order valence-electron chi connectivity index (χ2n) is 5.15. The van der Waals surface area contributed by atoms with E-state index in [1.54, 1.807) is 9.80 Å². The summed E-state index contributed by atoms with van der Waals surface area (Å²) in [6.07, 6.45) is 3.23. The van der Waals surface area contributed by atoms with Crippen LogP contribution in [0.3, 0.4) is 0 Å². The lowest BCUT2D eigenvalue weighted by Crippen LogP contribution is -2.55. The molecular weight excluding hydrogens is 284 g/mol. The molecule has 1 saturated heterocycles. The first kappa shape index (κ1) is 12.9. The molecule has 0 N–H and O–H groups in total. The van der Waals surface area contributed by atoms with Gasteiger partial charge in [-0.15, -0.1) is 0 Å². The lowest BCUT2D eigenvalue weighted by molar-refractivity contribution is -0.156. The van der Waals surface area contributed by atoms with Gasteiger partial charge in [-0.2, -0.15) is 0 Å². The molecule has 0 aromatic carbocycles. The number of nitrogens with zero attached hydrogens (tertiary/aromatic N) is 2. The minimum Gasteiger partial charge on any atom is -0.333 e. The number of hydrogen-bond acceptors (Lipinski definition) is 2. The predicted octanol–water partition coefficient (Wildman–Crippen LogP) is 1.24. The summed E-state index contributed by atoms with van der Waals surface area (Å²) in [7, 11) is 0. The summed E-state index contributed by atoms with van der Waals surface area (Å²) in [5, 5.41) is 0.927. The maximum Gasteiger partial charge on any atom is 0.312 e. The quantitative estimate of drug-likeness (QED) is 0.566. The van der Waals surface area contributed by atoms with Gasteiger partial charge in [0.1, 0.15) is 0 Å². The molecule has 96 valence electrons. The number of alkyl halides is 1. The van der Waals surface area contributed by atoms with Gasteiger partial charge < -0.3 is 9.80 Å². The molecule has 1 aliphatic heterocycles. The van der Waals surface area contributed by atoms with E-state index in [9.17, 15) is 9.59 Å². The normalized spacial score (nSPS) is 23.2. The number of piperazine rings is 1. The Labute approximate surface area is 110 Å². The fourth-order valence-electron chi connectivity index (χ4n) is 2.26. The van der Waals surface area contributed by atoms with Crippen molar-refractivity contribution in [1.82, 2.24) is 9.80 Å². The molecule has 0 bridgehead atoms. The molecule has 0 unspecified atom stereocenters. The first-order valence-electron chi connectivity index (χ1n) is 6.26. The summed E-state index contributed by atoms with van der Waals surface area (Å²) < 4.78 is 0. The average molecular weight is 303 g/mol. The van der Waals surface area contributed by atoms with Crippen LogP contribution in [-0.2, 0) is 9.59 Å². The van der Waals surface area contributed by atoms with Crippen LogP contribution in [0, 0.1) is 5.41 Å². The molecule has 4 nitrogen and oxygen atoms in total. The Balaban J connectivity index is 1.94. The molecule has 5 heteroatoms. The molecular formula is C12H19BrN2O2. The molecule has 0 aromatic rings. The third kappa shape index (κ3) is 2.64. The first-order chi connectivity index (χ1) is 8.12. The topological polar surface area (TPSA) is 40.6 Å². The SMILES string of the molecule is CCCN1CCN(CC2(CBr)CC2)C(=O)C1=O. The van der Waals surface area contributed by atoms with Gasteiger partial charge in [0.25, 0.3) is 0 Å². The minimum absolute atomic E-state index is 0.253. The maximum absolute atomic E-state index is 12.0. The third-order valence-electron chi connectivity index (χ3n) is 3.66. The highest BCUT2D eigenvalue weighted by molar-refractivity contribution is 9.09. The van der Waals surface area contributed by atoms with Crippen LogP contribution in [0.4, 0.5) is 0 Å². The molecule has 0 atom stereocenters. The van der Waals surface area contributed by atoms with Crippen LogP contribution in [-0.4, -0.2) is 53.1 Å². The van der Waals surface area contributed by atoms with E-state index in [1.165, 1.54) is 0 Å². The second kappa shape index (κ2) is 4.96. The first-order valence-corrected chi connectivity index (χ1v) is 7.38. The lowest BCUT2D eigenvalue weighted by atomic mass is 10.1. The number of hydrogen-bond donors (Lipinski definition) is 0. The van der Waals surface area contributed by atoms with Crippen molar-refractivity contribution in [3.8, 4) is 0 Å². The number of carbonyl (C=O) groups is 2. The van der Waals surface area contributed by atoms with Crippen molar-refractivity contribution >= 4 is 27.7 Å². The van der Waals surface area contributed by atoms with Crippen molar-refractivity contribution in [3.63, 3.8) is 0 Å². The van der Waals surface area contributed by atoms with Crippen LogP contribution in [0.2, 0.25) is 0 Å². The number of amides is 2. The van der Waals surface area contributed by atoms with Crippen LogP contribution in [0.5, 0.6) is 0 Å². The molecule has 17 heavy (non-hydrogen) atoms. The average Bonchev–Trinajstić information content (AvgIpc) is 3.10. The molecule has 0 radical (unpaired) electrons. The van der Waals surface area contributed by atoms with Crippen LogP contribution in [0.15, 0.2) is 0 Å². The molecule has 2 rings (SSSR count). The Morgan fingerprint density at radius 2 is 1.76 bits per heavy atom. The van der Waals surface area contributed by atoms with E-state index in [2.05, 4.69) is 15.9 Å². The number of carbonyl (C=O) groups excluding carboxylic acids is 2. The van der Waals surface area contributed by atoms with Crippen LogP contribution in [0.1, 0.15) is 26.2 Å². The van der Waals surface area contributed by atoms with Crippen molar-refractivity contribution in [3.05, 3.63) is 0 Å². The second-order valence-corrected chi connectivity index (χ2v) is 5.71. The maximum atomic E-state index is 12.0. The van der Waals surface area contributed by atoms with Gasteiger partial charge in [0.15, 0.2) is 0 Å². The van der Waals surface area contributed by atoms with Gasteiger partial charge >= 0.3 is 11.8 Å². The van der Waals surface area contributed by atoms with Crippen LogP contribution in [0.25, 0.3) is 0 Å². The van der Waals surface area contributed by atoms with Crippen molar-refractivity contribution in [1.29, 1.82) is 0 Å². The summed E-state index contributed by atoms with van der Waals surface area (Å²) >= 11 is 3.50. The van der Waals surface area contributed by atoms with Gasteiger partial charge in [-0.1, -0.05) is 22.9 Å². The molecule has 1 saturated carbocycles. The van der Waals surface area contributed by atoms with E-state index < -0.39 is 0 Å². The number of halogens is 1. The van der Waals surface area contributed by atoms with Crippen molar-refractivity contribution < 1.29 is 9.59 Å². The van der Waals surface area contributed by atoms with E-state index in [-0.39, 0.29) is 17.2 Å².